The Morgan fingerprint density at radius 3 is 2.58 bits per heavy atom. The normalized spacial score (nSPS) is 13.5. The highest BCUT2D eigenvalue weighted by atomic mass is 32.2. The van der Waals surface area contributed by atoms with E-state index >= 15 is 0 Å². The molecule has 0 spiro atoms. The molecule has 0 aromatic carbocycles. The van der Waals surface area contributed by atoms with Gasteiger partial charge in [0.05, 0.1) is 13.5 Å². The van der Waals surface area contributed by atoms with Gasteiger partial charge in [0.25, 0.3) is 10.2 Å². The molecule has 0 fully saturated rings. The first-order valence-electron chi connectivity index (χ1n) is 6.26. The zero-order valence-corrected chi connectivity index (χ0v) is 12.6. The largest absolute Gasteiger partial charge is 0.469 e. The van der Waals surface area contributed by atoms with Crippen LogP contribution in [-0.4, -0.2) is 57.7 Å². The van der Waals surface area contributed by atoms with Gasteiger partial charge >= 0.3 is 5.97 Å². The fraction of sp³-hybridized carbons (Fsp3) is 0.909. The molecular formula is C11H24N2O5S. The van der Waals surface area contributed by atoms with E-state index in [1.165, 1.54) is 14.2 Å². The van der Waals surface area contributed by atoms with Crippen LogP contribution in [-0.2, 0) is 19.7 Å². The number of aliphatic hydroxyl groups is 1. The Morgan fingerprint density at radius 1 is 1.47 bits per heavy atom. The van der Waals surface area contributed by atoms with Gasteiger partial charge in [-0.25, -0.2) is 4.72 Å². The van der Waals surface area contributed by atoms with E-state index in [1.807, 2.05) is 6.92 Å². The molecule has 0 saturated carbocycles. The first-order valence-corrected chi connectivity index (χ1v) is 7.70. The lowest BCUT2D eigenvalue weighted by atomic mass is 10.0. The SMILES string of the molecule is CCC(CCO)CNS(=O)(=O)N(C)CCC(=O)OC. The molecule has 114 valence electrons. The topological polar surface area (TPSA) is 95.9 Å². The van der Waals surface area contributed by atoms with Crippen molar-refractivity contribution < 1.29 is 23.1 Å². The molecule has 0 heterocycles. The molecule has 0 aliphatic heterocycles. The lowest BCUT2D eigenvalue weighted by Crippen LogP contribution is -2.41. The first kappa shape index (κ1) is 18.3. The van der Waals surface area contributed by atoms with E-state index < -0.39 is 16.2 Å². The molecule has 1 atom stereocenters. The summed E-state index contributed by atoms with van der Waals surface area (Å²) in [6, 6.07) is 0. The van der Waals surface area contributed by atoms with Crippen molar-refractivity contribution in [3.63, 3.8) is 0 Å². The summed E-state index contributed by atoms with van der Waals surface area (Å²) in [4.78, 5) is 10.9. The van der Waals surface area contributed by atoms with Gasteiger partial charge in [0.1, 0.15) is 0 Å². The third-order valence-corrected chi connectivity index (χ3v) is 4.47. The zero-order chi connectivity index (χ0) is 14.9. The van der Waals surface area contributed by atoms with Crippen molar-refractivity contribution in [2.75, 3.05) is 33.9 Å². The molecule has 0 bridgehead atoms. The minimum Gasteiger partial charge on any atom is -0.469 e. The highest BCUT2D eigenvalue weighted by Gasteiger charge is 2.19. The second-order valence-corrected chi connectivity index (χ2v) is 6.15. The predicted molar refractivity (Wildman–Crippen MR) is 71.7 cm³/mol. The molecule has 0 saturated heterocycles. The number of methoxy groups -OCH3 is 1. The summed E-state index contributed by atoms with van der Waals surface area (Å²) < 4.78 is 31.7. The first-order chi connectivity index (χ1) is 8.87. The molecule has 7 nitrogen and oxygen atoms in total. The van der Waals surface area contributed by atoms with Crippen molar-refractivity contribution in [3.05, 3.63) is 0 Å². The molecule has 0 amide bonds. The quantitative estimate of drug-likeness (QED) is 0.541. The fourth-order valence-electron chi connectivity index (χ4n) is 1.44. The maximum absolute atomic E-state index is 11.9. The number of rotatable bonds is 10. The number of hydrogen-bond donors (Lipinski definition) is 2. The molecular weight excluding hydrogens is 272 g/mol. The third-order valence-electron chi connectivity index (χ3n) is 2.94. The van der Waals surface area contributed by atoms with Crippen molar-refractivity contribution in [2.24, 2.45) is 5.92 Å². The van der Waals surface area contributed by atoms with Gasteiger partial charge in [0, 0.05) is 26.7 Å². The Balaban J connectivity index is 4.25. The Morgan fingerprint density at radius 2 is 2.11 bits per heavy atom. The van der Waals surface area contributed by atoms with Crippen LogP contribution in [0.3, 0.4) is 0 Å². The number of nitrogens with zero attached hydrogens (tertiary/aromatic N) is 1. The average molecular weight is 296 g/mol. The van der Waals surface area contributed by atoms with Crippen molar-refractivity contribution in [1.29, 1.82) is 0 Å². The van der Waals surface area contributed by atoms with E-state index in [4.69, 9.17) is 5.11 Å². The summed E-state index contributed by atoms with van der Waals surface area (Å²) in [7, 11) is -0.933. The van der Waals surface area contributed by atoms with Gasteiger partial charge in [-0.15, -0.1) is 0 Å². The summed E-state index contributed by atoms with van der Waals surface area (Å²) in [6.45, 7) is 2.33. The number of hydrogen-bond acceptors (Lipinski definition) is 5. The Hall–Kier alpha value is -0.700. The van der Waals surface area contributed by atoms with Gasteiger partial charge in [0.2, 0.25) is 0 Å². The lowest BCUT2D eigenvalue weighted by molar-refractivity contribution is -0.140. The van der Waals surface area contributed by atoms with Gasteiger partial charge in [0.15, 0.2) is 0 Å². The van der Waals surface area contributed by atoms with Gasteiger partial charge in [-0.3, -0.25) is 4.79 Å². The smallest absolute Gasteiger partial charge is 0.306 e. The highest BCUT2D eigenvalue weighted by Crippen LogP contribution is 2.07. The van der Waals surface area contributed by atoms with Crippen LogP contribution in [0.2, 0.25) is 0 Å². The van der Waals surface area contributed by atoms with Crippen LogP contribution in [0.15, 0.2) is 0 Å². The van der Waals surface area contributed by atoms with Crippen LogP contribution in [0.1, 0.15) is 26.2 Å². The van der Waals surface area contributed by atoms with Crippen molar-refractivity contribution in [3.8, 4) is 0 Å². The summed E-state index contributed by atoms with van der Waals surface area (Å²) in [5, 5.41) is 8.84. The number of carbonyl (C=O) groups is 1. The van der Waals surface area contributed by atoms with E-state index in [9.17, 15) is 13.2 Å². The van der Waals surface area contributed by atoms with E-state index in [-0.39, 0.29) is 32.0 Å². The molecule has 8 heteroatoms. The van der Waals surface area contributed by atoms with Crippen LogP contribution in [0, 0.1) is 5.92 Å². The Bertz CT molecular complexity index is 358. The number of esters is 1. The second kappa shape index (κ2) is 9.24. The molecule has 0 aliphatic carbocycles. The third kappa shape index (κ3) is 7.46. The van der Waals surface area contributed by atoms with Gasteiger partial charge in [-0.05, 0) is 12.3 Å². The van der Waals surface area contributed by atoms with Crippen molar-refractivity contribution >= 4 is 16.2 Å². The van der Waals surface area contributed by atoms with Crippen molar-refractivity contribution in [1.82, 2.24) is 9.03 Å². The molecule has 0 rings (SSSR count). The number of carbonyl (C=O) groups excluding carboxylic acids is 1. The number of ether oxygens (including phenoxy) is 1. The monoisotopic (exact) mass is 296 g/mol. The van der Waals surface area contributed by atoms with E-state index in [0.29, 0.717) is 6.42 Å². The fourth-order valence-corrected chi connectivity index (χ4v) is 2.44. The second-order valence-electron chi connectivity index (χ2n) is 4.29. The summed E-state index contributed by atoms with van der Waals surface area (Å²) in [5.41, 5.74) is 0. The molecule has 2 N–H and O–H groups in total. The van der Waals surface area contributed by atoms with Crippen LogP contribution < -0.4 is 4.72 Å². The molecule has 0 aliphatic rings. The summed E-state index contributed by atoms with van der Waals surface area (Å²) >= 11 is 0. The van der Waals surface area contributed by atoms with E-state index in [0.717, 1.165) is 10.7 Å². The van der Waals surface area contributed by atoms with E-state index in [1.54, 1.807) is 0 Å². The molecule has 0 aromatic heterocycles. The van der Waals surface area contributed by atoms with Crippen LogP contribution in [0.25, 0.3) is 0 Å². The van der Waals surface area contributed by atoms with Crippen LogP contribution in [0.5, 0.6) is 0 Å². The standard InChI is InChI=1S/C11H24N2O5S/c1-4-10(6-8-14)9-12-19(16,17)13(2)7-5-11(15)18-3/h10,12,14H,4-9H2,1-3H3. The minimum atomic E-state index is -3.59. The maximum Gasteiger partial charge on any atom is 0.306 e. The summed E-state index contributed by atoms with van der Waals surface area (Å²) in [6.07, 6.45) is 1.36. The average Bonchev–Trinajstić information content (AvgIpc) is 2.40. The van der Waals surface area contributed by atoms with Gasteiger partial charge in [-0.1, -0.05) is 13.3 Å². The molecule has 19 heavy (non-hydrogen) atoms. The number of aliphatic hydroxyl groups excluding tert-OH is 1. The lowest BCUT2D eigenvalue weighted by Gasteiger charge is -2.20. The minimum absolute atomic E-state index is 0.0156. The maximum atomic E-state index is 11.9. The van der Waals surface area contributed by atoms with Gasteiger partial charge < -0.3 is 9.84 Å². The van der Waals surface area contributed by atoms with Gasteiger partial charge in [-0.2, -0.15) is 12.7 Å². The predicted octanol–water partition coefficient (Wildman–Crippen LogP) is -0.276. The molecule has 0 aromatic rings. The number of nitrogens with one attached hydrogen (secondary N) is 1. The van der Waals surface area contributed by atoms with Crippen LogP contribution in [0.4, 0.5) is 0 Å². The van der Waals surface area contributed by atoms with Crippen molar-refractivity contribution in [2.45, 2.75) is 26.2 Å². The Kier molecular flexibility index (Phi) is 8.90. The molecule has 1 unspecified atom stereocenters. The van der Waals surface area contributed by atoms with E-state index in [2.05, 4.69) is 9.46 Å². The summed E-state index contributed by atoms with van der Waals surface area (Å²) in [5.74, 6) is -0.345. The Labute approximate surface area is 115 Å². The van der Waals surface area contributed by atoms with Crippen LogP contribution >= 0.6 is 0 Å². The zero-order valence-electron chi connectivity index (χ0n) is 11.8. The highest BCUT2D eigenvalue weighted by molar-refractivity contribution is 7.87. The molecule has 0 radical (unpaired) electrons.